The summed E-state index contributed by atoms with van der Waals surface area (Å²) in [5.74, 6) is 0.331. The highest BCUT2D eigenvalue weighted by Gasteiger charge is 2.33. The van der Waals surface area contributed by atoms with Gasteiger partial charge in [-0.25, -0.2) is 4.39 Å². The van der Waals surface area contributed by atoms with E-state index in [2.05, 4.69) is 36.7 Å². The minimum Gasteiger partial charge on any atom is -0.396 e. The lowest BCUT2D eigenvalue weighted by Gasteiger charge is -2.41. The number of benzene rings is 1. The zero-order valence-corrected chi connectivity index (χ0v) is 13.6. The fraction of sp³-hybridized carbons (Fsp3) is 0.533. The number of anilines is 1. The van der Waals surface area contributed by atoms with Crippen LogP contribution in [-0.4, -0.2) is 23.4 Å². The van der Waals surface area contributed by atoms with E-state index in [1.54, 1.807) is 0 Å². The third-order valence-corrected chi connectivity index (χ3v) is 4.83. The fourth-order valence-electron chi connectivity index (χ4n) is 2.87. The molecule has 0 aliphatic carbocycles. The first-order chi connectivity index (χ1) is 9.31. The van der Waals surface area contributed by atoms with Crippen molar-refractivity contribution in [3.05, 3.63) is 28.0 Å². The Morgan fingerprint density at radius 2 is 2.05 bits per heavy atom. The van der Waals surface area contributed by atoms with Crippen molar-refractivity contribution < 1.29 is 9.18 Å². The summed E-state index contributed by atoms with van der Waals surface area (Å²) in [6, 6.07) is 2.85. The van der Waals surface area contributed by atoms with E-state index in [4.69, 9.17) is 5.73 Å². The van der Waals surface area contributed by atoms with E-state index in [1.165, 1.54) is 12.1 Å². The Morgan fingerprint density at radius 1 is 1.40 bits per heavy atom. The van der Waals surface area contributed by atoms with E-state index >= 15 is 0 Å². The SMILES string of the molecule is CC1CC(C)C(C)N(C(=O)c2cc(N)c(F)cc2Br)C1. The van der Waals surface area contributed by atoms with Gasteiger partial charge in [0.1, 0.15) is 5.82 Å². The van der Waals surface area contributed by atoms with E-state index in [9.17, 15) is 9.18 Å². The van der Waals surface area contributed by atoms with Gasteiger partial charge >= 0.3 is 0 Å². The molecule has 0 saturated carbocycles. The van der Waals surface area contributed by atoms with Crippen LogP contribution in [-0.2, 0) is 0 Å². The molecule has 1 aromatic rings. The Hall–Kier alpha value is -1.10. The second-order valence-electron chi connectivity index (χ2n) is 5.87. The molecule has 2 N–H and O–H groups in total. The lowest BCUT2D eigenvalue weighted by atomic mass is 9.85. The normalized spacial score (nSPS) is 26.6. The Morgan fingerprint density at radius 3 is 2.70 bits per heavy atom. The van der Waals surface area contributed by atoms with Gasteiger partial charge in [-0.1, -0.05) is 13.8 Å². The molecule has 0 aromatic heterocycles. The molecule has 1 fully saturated rings. The quantitative estimate of drug-likeness (QED) is 0.791. The van der Waals surface area contributed by atoms with Crippen molar-refractivity contribution >= 4 is 27.5 Å². The Bertz CT molecular complexity index is 535. The lowest BCUT2D eigenvalue weighted by molar-refractivity contribution is 0.0455. The number of nitrogen functional groups attached to an aromatic ring is 1. The Kier molecular flexibility index (Phi) is 4.37. The van der Waals surface area contributed by atoms with Crippen molar-refractivity contribution in [3.63, 3.8) is 0 Å². The molecule has 2 rings (SSSR count). The topological polar surface area (TPSA) is 46.3 Å². The Balaban J connectivity index is 2.33. The molecule has 3 atom stereocenters. The minimum atomic E-state index is -0.512. The molecular weight excluding hydrogens is 323 g/mol. The first kappa shape index (κ1) is 15.3. The summed E-state index contributed by atoms with van der Waals surface area (Å²) < 4.78 is 13.8. The van der Waals surface area contributed by atoms with Crippen LogP contribution in [0, 0.1) is 17.7 Å². The summed E-state index contributed by atoms with van der Waals surface area (Å²) in [6.45, 7) is 7.11. The third kappa shape index (κ3) is 2.82. The van der Waals surface area contributed by atoms with Gasteiger partial charge in [0, 0.05) is 17.1 Å². The van der Waals surface area contributed by atoms with Crippen molar-refractivity contribution in [1.29, 1.82) is 0 Å². The molecule has 1 aromatic carbocycles. The summed E-state index contributed by atoms with van der Waals surface area (Å²) in [5, 5.41) is 0. The zero-order valence-electron chi connectivity index (χ0n) is 12.0. The van der Waals surface area contributed by atoms with Crippen molar-refractivity contribution in [1.82, 2.24) is 4.90 Å². The molecule has 1 saturated heterocycles. The largest absolute Gasteiger partial charge is 0.396 e. The maximum absolute atomic E-state index is 13.4. The predicted octanol–water partition coefficient (Wildman–Crippen LogP) is 3.68. The average molecular weight is 343 g/mol. The van der Waals surface area contributed by atoms with Gasteiger partial charge in [0.25, 0.3) is 5.91 Å². The number of piperidine rings is 1. The number of likely N-dealkylation sites (tertiary alicyclic amines) is 1. The van der Waals surface area contributed by atoms with Crippen LogP contribution < -0.4 is 5.73 Å². The molecule has 3 unspecified atom stereocenters. The van der Waals surface area contributed by atoms with Gasteiger partial charge < -0.3 is 10.6 Å². The van der Waals surface area contributed by atoms with Crippen LogP contribution in [0.2, 0.25) is 0 Å². The number of nitrogens with two attached hydrogens (primary N) is 1. The zero-order chi connectivity index (χ0) is 15.0. The van der Waals surface area contributed by atoms with Crippen LogP contribution in [0.1, 0.15) is 37.6 Å². The molecular formula is C15H20BrFN2O. The highest BCUT2D eigenvalue weighted by atomic mass is 79.9. The molecule has 1 aliphatic heterocycles. The summed E-state index contributed by atoms with van der Waals surface area (Å²) >= 11 is 3.26. The number of nitrogens with zero attached hydrogens (tertiary/aromatic N) is 1. The van der Waals surface area contributed by atoms with Crippen LogP contribution in [0.15, 0.2) is 16.6 Å². The second-order valence-corrected chi connectivity index (χ2v) is 6.72. The maximum atomic E-state index is 13.4. The van der Waals surface area contributed by atoms with Crippen molar-refractivity contribution in [2.75, 3.05) is 12.3 Å². The van der Waals surface area contributed by atoms with Gasteiger partial charge in [0.2, 0.25) is 0 Å². The van der Waals surface area contributed by atoms with E-state index in [1.807, 2.05) is 4.90 Å². The third-order valence-electron chi connectivity index (χ3n) is 4.18. The van der Waals surface area contributed by atoms with Crippen molar-refractivity contribution in [2.45, 2.75) is 33.2 Å². The van der Waals surface area contributed by atoms with Gasteiger partial charge in [-0.2, -0.15) is 0 Å². The molecule has 5 heteroatoms. The number of hydrogen-bond acceptors (Lipinski definition) is 2. The van der Waals surface area contributed by atoms with Gasteiger partial charge in [0.15, 0.2) is 0 Å². The monoisotopic (exact) mass is 342 g/mol. The molecule has 3 nitrogen and oxygen atoms in total. The van der Waals surface area contributed by atoms with Crippen LogP contribution in [0.5, 0.6) is 0 Å². The van der Waals surface area contributed by atoms with Crippen LogP contribution in [0.25, 0.3) is 0 Å². The number of carbonyl (C=O) groups excluding carboxylic acids is 1. The van der Waals surface area contributed by atoms with Gasteiger partial charge in [-0.3, -0.25) is 4.79 Å². The summed E-state index contributed by atoms with van der Waals surface area (Å²) in [7, 11) is 0. The molecule has 0 spiro atoms. The summed E-state index contributed by atoms with van der Waals surface area (Å²) in [4.78, 5) is 14.6. The van der Waals surface area contributed by atoms with E-state index in [-0.39, 0.29) is 17.6 Å². The fourth-order valence-corrected chi connectivity index (χ4v) is 3.35. The molecule has 0 bridgehead atoms. The molecule has 1 amide bonds. The van der Waals surface area contributed by atoms with Gasteiger partial charge in [0.05, 0.1) is 11.3 Å². The van der Waals surface area contributed by atoms with E-state index in [0.29, 0.717) is 21.9 Å². The smallest absolute Gasteiger partial charge is 0.255 e. The maximum Gasteiger partial charge on any atom is 0.255 e. The lowest BCUT2D eigenvalue weighted by Crippen LogP contribution is -2.48. The standard InChI is InChI=1S/C15H20BrFN2O/c1-8-4-9(2)10(3)19(7-8)15(20)11-5-14(18)13(17)6-12(11)16/h5-6,8-10H,4,7,18H2,1-3H3. The van der Waals surface area contributed by atoms with Gasteiger partial charge in [-0.15, -0.1) is 0 Å². The van der Waals surface area contributed by atoms with E-state index in [0.717, 1.165) is 13.0 Å². The molecule has 110 valence electrons. The predicted molar refractivity (Wildman–Crippen MR) is 82.0 cm³/mol. The number of hydrogen-bond donors (Lipinski definition) is 1. The molecule has 1 heterocycles. The van der Waals surface area contributed by atoms with Crippen LogP contribution in [0.4, 0.5) is 10.1 Å². The Labute approximate surface area is 127 Å². The summed E-state index contributed by atoms with van der Waals surface area (Å²) in [6.07, 6.45) is 1.12. The number of carbonyl (C=O) groups is 1. The minimum absolute atomic E-state index is 0.00214. The van der Waals surface area contributed by atoms with Crippen LogP contribution in [0.3, 0.4) is 0 Å². The number of halogens is 2. The number of rotatable bonds is 1. The van der Waals surface area contributed by atoms with Gasteiger partial charge in [-0.05, 0) is 53.2 Å². The highest BCUT2D eigenvalue weighted by molar-refractivity contribution is 9.10. The van der Waals surface area contributed by atoms with Crippen LogP contribution >= 0.6 is 15.9 Å². The first-order valence-corrected chi connectivity index (χ1v) is 7.66. The first-order valence-electron chi connectivity index (χ1n) is 6.86. The van der Waals surface area contributed by atoms with Crippen molar-refractivity contribution in [3.8, 4) is 0 Å². The second kappa shape index (κ2) is 5.72. The molecule has 1 aliphatic rings. The van der Waals surface area contributed by atoms with Crippen molar-refractivity contribution in [2.24, 2.45) is 11.8 Å². The highest BCUT2D eigenvalue weighted by Crippen LogP contribution is 2.30. The van der Waals surface area contributed by atoms with E-state index < -0.39 is 5.82 Å². The average Bonchev–Trinajstić information content (AvgIpc) is 2.37. The number of amides is 1. The molecule has 20 heavy (non-hydrogen) atoms. The molecule has 0 radical (unpaired) electrons. The summed E-state index contributed by atoms with van der Waals surface area (Å²) in [5.41, 5.74) is 6.01.